The van der Waals surface area contributed by atoms with Crippen LogP contribution in [0.5, 0.6) is 0 Å². The number of hydrogen-bond donors (Lipinski definition) is 0. The fraction of sp³-hybridized carbons (Fsp3) is 0.200. The molecule has 3 nitrogen and oxygen atoms in total. The molecule has 3 aromatic carbocycles. The number of benzene rings is 3. The monoisotopic (exact) mass is 401 g/mol. The van der Waals surface area contributed by atoms with E-state index in [-0.39, 0.29) is 5.92 Å². The largest absolute Gasteiger partial charge is 0.268 e. The van der Waals surface area contributed by atoms with E-state index < -0.39 is 10.0 Å². The van der Waals surface area contributed by atoms with E-state index in [0.29, 0.717) is 10.8 Å². The highest BCUT2D eigenvalue weighted by Crippen LogP contribution is 2.56. The number of rotatable bonds is 4. The summed E-state index contributed by atoms with van der Waals surface area (Å²) >= 11 is 0. The Morgan fingerprint density at radius 3 is 2.17 bits per heavy atom. The van der Waals surface area contributed by atoms with E-state index >= 15 is 0 Å². The van der Waals surface area contributed by atoms with Crippen LogP contribution in [0.2, 0.25) is 0 Å². The molecule has 29 heavy (non-hydrogen) atoms. The molecule has 4 aromatic rings. The van der Waals surface area contributed by atoms with Crippen LogP contribution in [0, 0.1) is 13.8 Å². The number of nitrogens with zero attached hydrogens (tertiary/aromatic N) is 1. The Morgan fingerprint density at radius 1 is 0.793 bits per heavy atom. The van der Waals surface area contributed by atoms with Crippen LogP contribution in [0.1, 0.15) is 40.6 Å². The summed E-state index contributed by atoms with van der Waals surface area (Å²) in [7, 11) is -3.69. The molecule has 1 heterocycles. The van der Waals surface area contributed by atoms with Crippen molar-refractivity contribution in [1.29, 1.82) is 0 Å². The normalized spacial score (nSPS) is 18.8. The van der Waals surface area contributed by atoms with Crippen LogP contribution in [-0.2, 0) is 10.0 Å². The lowest BCUT2D eigenvalue weighted by Crippen LogP contribution is -2.16. The Morgan fingerprint density at radius 2 is 1.45 bits per heavy atom. The van der Waals surface area contributed by atoms with Gasteiger partial charge in [0.15, 0.2) is 0 Å². The molecule has 1 unspecified atom stereocenters. The topological polar surface area (TPSA) is 39.1 Å². The average molecular weight is 402 g/mol. The molecule has 5 rings (SSSR count). The molecule has 0 radical (unpaired) electrons. The summed E-state index contributed by atoms with van der Waals surface area (Å²) in [5.41, 5.74) is 5.09. The minimum absolute atomic E-state index is 0.213. The Bertz CT molecular complexity index is 1300. The Labute approximate surface area is 171 Å². The zero-order valence-corrected chi connectivity index (χ0v) is 17.4. The van der Waals surface area contributed by atoms with Gasteiger partial charge in [-0.05, 0) is 55.5 Å². The van der Waals surface area contributed by atoms with E-state index in [4.69, 9.17) is 0 Å². The highest BCUT2D eigenvalue weighted by molar-refractivity contribution is 7.90. The molecule has 0 aliphatic heterocycles. The predicted octanol–water partition coefficient (Wildman–Crippen LogP) is 5.77. The standard InChI is InChI=1S/C25H23NO2S/c1-17-12-14-20(15-13-17)29(27,28)26-24-11-7-6-10-21(24)18(2)25(26)23-16-22(23)19-8-4-3-5-9-19/h3-15,22-23H,16H2,1-2H3/t22-,23?/m0/s1. The first-order chi connectivity index (χ1) is 14.0. The van der Waals surface area contributed by atoms with Crippen LogP contribution < -0.4 is 0 Å². The van der Waals surface area contributed by atoms with Crippen molar-refractivity contribution in [1.82, 2.24) is 3.97 Å². The fourth-order valence-corrected chi connectivity index (χ4v) is 6.10. The maximum absolute atomic E-state index is 13.7. The summed E-state index contributed by atoms with van der Waals surface area (Å²) in [5, 5.41) is 1.01. The van der Waals surface area contributed by atoms with Crippen LogP contribution >= 0.6 is 0 Å². The molecule has 4 heteroatoms. The van der Waals surface area contributed by atoms with Crippen molar-refractivity contribution < 1.29 is 8.42 Å². The predicted molar refractivity (Wildman–Crippen MR) is 117 cm³/mol. The smallest absolute Gasteiger partial charge is 0.237 e. The third-order valence-electron chi connectivity index (χ3n) is 6.06. The molecular formula is C25H23NO2S. The Balaban J connectivity index is 1.71. The Hall–Kier alpha value is -2.85. The molecule has 0 spiro atoms. The molecule has 1 aliphatic rings. The molecule has 146 valence electrons. The van der Waals surface area contributed by atoms with Crippen LogP contribution in [0.3, 0.4) is 0 Å². The highest BCUT2D eigenvalue weighted by Gasteiger charge is 2.44. The molecule has 0 amide bonds. The third kappa shape index (κ3) is 2.90. The summed E-state index contributed by atoms with van der Waals surface area (Å²) in [6.45, 7) is 4.02. The summed E-state index contributed by atoms with van der Waals surface area (Å²) in [6, 6.07) is 25.4. The summed E-state index contributed by atoms with van der Waals surface area (Å²) in [5.74, 6) is 0.580. The average Bonchev–Trinajstić information content (AvgIpc) is 3.47. The van der Waals surface area contributed by atoms with Gasteiger partial charge in [-0.1, -0.05) is 66.2 Å². The number of hydrogen-bond acceptors (Lipinski definition) is 2. The van der Waals surface area contributed by atoms with Gasteiger partial charge in [-0.25, -0.2) is 12.4 Å². The third-order valence-corrected chi connectivity index (χ3v) is 7.80. The van der Waals surface area contributed by atoms with E-state index in [2.05, 4.69) is 31.2 Å². The SMILES string of the molecule is Cc1ccc(S(=O)(=O)n2c(C3C[C@H]3c3ccccc3)c(C)c3ccccc32)cc1. The molecule has 1 aromatic heterocycles. The molecule has 1 fully saturated rings. The number of fused-ring (bicyclic) bond motifs is 1. The van der Waals surface area contributed by atoms with Crippen LogP contribution in [0.15, 0.2) is 83.8 Å². The van der Waals surface area contributed by atoms with Gasteiger partial charge < -0.3 is 0 Å². The molecule has 0 bridgehead atoms. The van der Waals surface area contributed by atoms with Gasteiger partial charge in [-0.2, -0.15) is 0 Å². The second kappa shape index (κ2) is 6.60. The molecule has 0 N–H and O–H groups in total. The van der Waals surface area contributed by atoms with Gasteiger partial charge in [-0.15, -0.1) is 0 Å². The minimum atomic E-state index is -3.69. The number of aryl methyl sites for hydroxylation is 2. The van der Waals surface area contributed by atoms with E-state index in [1.807, 2.05) is 49.4 Å². The van der Waals surface area contributed by atoms with Gasteiger partial charge in [0.25, 0.3) is 10.0 Å². The minimum Gasteiger partial charge on any atom is -0.237 e. The van der Waals surface area contributed by atoms with E-state index in [1.54, 1.807) is 16.1 Å². The van der Waals surface area contributed by atoms with E-state index in [1.165, 1.54) is 5.56 Å². The molecular weight excluding hydrogens is 378 g/mol. The second-order valence-electron chi connectivity index (χ2n) is 7.97. The summed E-state index contributed by atoms with van der Waals surface area (Å²) in [6.07, 6.45) is 0.977. The van der Waals surface area contributed by atoms with Crippen molar-refractivity contribution in [2.24, 2.45) is 0 Å². The first kappa shape index (κ1) is 18.2. The highest BCUT2D eigenvalue weighted by atomic mass is 32.2. The van der Waals surface area contributed by atoms with Gasteiger partial charge in [0.2, 0.25) is 0 Å². The number of aromatic nitrogens is 1. The van der Waals surface area contributed by atoms with Gasteiger partial charge in [-0.3, -0.25) is 0 Å². The van der Waals surface area contributed by atoms with Crippen molar-refractivity contribution in [2.75, 3.05) is 0 Å². The van der Waals surface area contributed by atoms with Crippen molar-refractivity contribution >= 4 is 20.9 Å². The van der Waals surface area contributed by atoms with E-state index in [0.717, 1.165) is 34.1 Å². The summed E-state index contributed by atoms with van der Waals surface area (Å²) < 4.78 is 29.1. The maximum atomic E-state index is 13.7. The van der Waals surface area contributed by atoms with Gasteiger partial charge in [0.05, 0.1) is 10.4 Å². The zero-order chi connectivity index (χ0) is 20.2. The lowest BCUT2D eigenvalue weighted by molar-refractivity contribution is 0.586. The second-order valence-corrected chi connectivity index (χ2v) is 9.76. The van der Waals surface area contributed by atoms with Gasteiger partial charge in [0, 0.05) is 17.0 Å². The Kier molecular flexibility index (Phi) is 4.14. The van der Waals surface area contributed by atoms with Crippen LogP contribution in [-0.4, -0.2) is 12.4 Å². The molecule has 1 saturated carbocycles. The first-order valence-corrected chi connectivity index (χ1v) is 11.4. The van der Waals surface area contributed by atoms with Gasteiger partial charge >= 0.3 is 0 Å². The van der Waals surface area contributed by atoms with Crippen LogP contribution in [0.25, 0.3) is 10.9 Å². The fourth-order valence-electron chi connectivity index (χ4n) is 4.46. The lowest BCUT2D eigenvalue weighted by atomic mass is 10.1. The summed E-state index contributed by atoms with van der Waals surface area (Å²) in [4.78, 5) is 0.335. The zero-order valence-electron chi connectivity index (χ0n) is 16.5. The molecule has 2 atom stereocenters. The first-order valence-electron chi connectivity index (χ1n) is 9.95. The van der Waals surface area contributed by atoms with E-state index in [9.17, 15) is 8.42 Å². The van der Waals surface area contributed by atoms with Crippen molar-refractivity contribution in [3.8, 4) is 0 Å². The van der Waals surface area contributed by atoms with Crippen LogP contribution in [0.4, 0.5) is 0 Å². The lowest BCUT2D eigenvalue weighted by Gasteiger charge is -2.13. The van der Waals surface area contributed by atoms with Crippen molar-refractivity contribution in [2.45, 2.75) is 37.0 Å². The number of para-hydroxylation sites is 1. The van der Waals surface area contributed by atoms with Crippen molar-refractivity contribution in [3.05, 3.63) is 101 Å². The maximum Gasteiger partial charge on any atom is 0.268 e. The molecule has 1 aliphatic carbocycles. The molecule has 0 saturated heterocycles. The van der Waals surface area contributed by atoms with Crippen molar-refractivity contribution in [3.63, 3.8) is 0 Å². The van der Waals surface area contributed by atoms with Gasteiger partial charge in [0.1, 0.15) is 0 Å². The quantitative estimate of drug-likeness (QED) is 0.436.